The molecule has 51 heavy (non-hydrogen) atoms. The predicted molar refractivity (Wildman–Crippen MR) is 220 cm³/mol. The molecule has 0 atom stereocenters. The van der Waals surface area contributed by atoms with Gasteiger partial charge >= 0.3 is 0 Å². The number of hydrogen-bond donors (Lipinski definition) is 2. The van der Waals surface area contributed by atoms with Crippen LogP contribution < -0.4 is 11.1 Å². The van der Waals surface area contributed by atoms with Crippen molar-refractivity contribution in [2.45, 2.75) is 6.54 Å². The Hall–Kier alpha value is -5.63. The Morgan fingerprint density at radius 2 is 1.02 bits per heavy atom. The molecule has 250 valence electrons. The van der Waals surface area contributed by atoms with Gasteiger partial charge in [-0.25, -0.2) is 9.97 Å². The summed E-state index contributed by atoms with van der Waals surface area (Å²) in [5.41, 5.74) is 12.3. The summed E-state index contributed by atoms with van der Waals surface area (Å²) in [4.78, 5) is 18.5. The number of benzene rings is 6. The van der Waals surface area contributed by atoms with E-state index in [4.69, 9.17) is 5.73 Å². The van der Waals surface area contributed by atoms with E-state index in [9.17, 15) is 4.79 Å². The Kier molecular flexibility index (Phi) is 12.0. The number of carbonyl (C=O) groups is 1. The number of nitrogens with one attached hydrogen (secondary N) is 1. The summed E-state index contributed by atoms with van der Waals surface area (Å²) in [5, 5.41) is 8.40. The first-order valence-corrected chi connectivity index (χ1v) is 17.9. The van der Waals surface area contributed by atoms with Gasteiger partial charge in [-0.05, 0) is 110 Å². The third-order valence-electron chi connectivity index (χ3n) is 8.10. The number of halogens is 2. The molecular formula is C44H34Br2N4O. The van der Waals surface area contributed by atoms with Crippen LogP contribution in [0.2, 0.25) is 0 Å². The molecule has 0 aliphatic rings. The van der Waals surface area contributed by atoms with Gasteiger partial charge in [0.05, 0.1) is 0 Å². The van der Waals surface area contributed by atoms with E-state index in [2.05, 4.69) is 156 Å². The Morgan fingerprint density at radius 1 is 0.529 bits per heavy atom. The Morgan fingerprint density at radius 3 is 1.57 bits per heavy atom. The molecule has 3 N–H and O–H groups in total. The summed E-state index contributed by atoms with van der Waals surface area (Å²) < 4.78 is 2.08. The molecule has 0 saturated heterocycles. The van der Waals surface area contributed by atoms with Crippen LogP contribution in [0.1, 0.15) is 15.9 Å². The minimum Gasteiger partial charge on any atom is -0.384 e. The normalized spacial score (nSPS) is 10.4. The van der Waals surface area contributed by atoms with Crippen LogP contribution in [0.3, 0.4) is 0 Å². The first-order valence-electron chi connectivity index (χ1n) is 16.3. The van der Waals surface area contributed by atoms with Gasteiger partial charge in [0.15, 0.2) is 0 Å². The van der Waals surface area contributed by atoms with Gasteiger partial charge in [0.1, 0.15) is 17.9 Å². The highest BCUT2D eigenvalue weighted by atomic mass is 79.9. The van der Waals surface area contributed by atoms with Crippen molar-refractivity contribution in [3.05, 3.63) is 190 Å². The zero-order valence-electron chi connectivity index (χ0n) is 27.6. The molecule has 0 unspecified atom stereocenters. The summed E-state index contributed by atoms with van der Waals surface area (Å²) in [7, 11) is 0. The summed E-state index contributed by atoms with van der Waals surface area (Å²) in [6, 6.07) is 53.2. The van der Waals surface area contributed by atoms with Gasteiger partial charge in [0, 0.05) is 33.4 Å². The van der Waals surface area contributed by atoms with Crippen molar-refractivity contribution in [3.8, 4) is 22.3 Å². The van der Waals surface area contributed by atoms with E-state index in [1.165, 1.54) is 38.2 Å². The van der Waals surface area contributed by atoms with E-state index in [0.29, 0.717) is 11.4 Å². The lowest BCUT2D eigenvalue weighted by Crippen LogP contribution is -2.01. The van der Waals surface area contributed by atoms with Gasteiger partial charge in [-0.3, -0.25) is 4.79 Å². The van der Waals surface area contributed by atoms with Crippen molar-refractivity contribution in [2.75, 3.05) is 11.1 Å². The van der Waals surface area contributed by atoms with E-state index in [1.807, 2.05) is 42.6 Å². The monoisotopic (exact) mass is 792 g/mol. The minimum atomic E-state index is 0.552. The SMILES string of the molecule is Brc1ccc(CNc2cc(-c3ccc4ccccc4c3)ccn2)cc1.Nc1cc(-c2ccc3ccccc3c2)ccn1.O=Cc1ccc(Br)cc1. The molecule has 0 aliphatic heterocycles. The zero-order valence-corrected chi connectivity index (χ0v) is 30.8. The van der Waals surface area contributed by atoms with Crippen molar-refractivity contribution in [3.63, 3.8) is 0 Å². The van der Waals surface area contributed by atoms with Gasteiger partial charge in [-0.1, -0.05) is 129 Å². The van der Waals surface area contributed by atoms with E-state index in [0.717, 1.165) is 38.7 Å². The number of nitrogens with two attached hydrogens (primary N) is 1. The summed E-state index contributed by atoms with van der Waals surface area (Å²) in [6.45, 7) is 0.751. The molecule has 5 nitrogen and oxygen atoms in total. The molecule has 8 rings (SSSR count). The Labute approximate surface area is 314 Å². The molecule has 0 aliphatic carbocycles. The molecule has 0 spiro atoms. The highest BCUT2D eigenvalue weighted by Crippen LogP contribution is 2.27. The number of hydrogen-bond acceptors (Lipinski definition) is 5. The smallest absolute Gasteiger partial charge is 0.150 e. The Balaban J connectivity index is 0.000000148. The minimum absolute atomic E-state index is 0.552. The predicted octanol–water partition coefficient (Wildman–Crippen LogP) is 12.0. The molecule has 0 amide bonds. The Bertz CT molecular complexity index is 2380. The molecule has 0 saturated carbocycles. The van der Waals surface area contributed by atoms with Crippen LogP contribution in [0.4, 0.5) is 11.6 Å². The molecule has 0 bridgehead atoms. The van der Waals surface area contributed by atoms with E-state index < -0.39 is 0 Å². The fourth-order valence-corrected chi connectivity index (χ4v) is 5.94. The standard InChI is InChI=1S/C22H17BrN2.C15H12N2.C7H5BrO/c23-21-9-5-16(6-10-21)15-25-22-14-20(11-12-24-22)19-8-7-17-3-1-2-4-18(17)13-19;16-15-10-14(7-8-17-15)13-6-5-11-3-1-2-4-12(11)9-13;8-7-3-1-6(5-9)2-4-7/h1-14H,15H2,(H,24,25);1-10H,(H2,16,17);1-5H. The zero-order chi connectivity index (χ0) is 35.4. The van der Waals surface area contributed by atoms with Crippen LogP contribution in [0.5, 0.6) is 0 Å². The van der Waals surface area contributed by atoms with Gasteiger partial charge < -0.3 is 11.1 Å². The van der Waals surface area contributed by atoms with Crippen LogP contribution >= 0.6 is 31.9 Å². The van der Waals surface area contributed by atoms with Crippen LogP contribution in [-0.2, 0) is 6.54 Å². The maximum atomic E-state index is 10.1. The molecule has 7 heteroatoms. The average Bonchev–Trinajstić information content (AvgIpc) is 3.18. The highest BCUT2D eigenvalue weighted by Gasteiger charge is 2.03. The molecule has 2 aromatic heterocycles. The lowest BCUT2D eigenvalue weighted by molar-refractivity contribution is 0.112. The summed E-state index contributed by atoms with van der Waals surface area (Å²) >= 11 is 6.72. The first-order chi connectivity index (χ1) is 24.9. The second-order valence-electron chi connectivity index (χ2n) is 11.7. The van der Waals surface area contributed by atoms with E-state index >= 15 is 0 Å². The largest absolute Gasteiger partial charge is 0.384 e. The maximum absolute atomic E-state index is 10.1. The van der Waals surface area contributed by atoms with Crippen LogP contribution in [0.15, 0.2) is 179 Å². The first kappa shape index (κ1) is 35.2. The quantitative estimate of drug-likeness (QED) is 0.164. The molecule has 2 heterocycles. The number of anilines is 2. The van der Waals surface area contributed by atoms with Crippen molar-refractivity contribution in [2.24, 2.45) is 0 Å². The van der Waals surface area contributed by atoms with Crippen LogP contribution in [-0.4, -0.2) is 16.3 Å². The number of aromatic nitrogens is 2. The van der Waals surface area contributed by atoms with Gasteiger partial charge in [-0.15, -0.1) is 0 Å². The topological polar surface area (TPSA) is 80.9 Å². The van der Waals surface area contributed by atoms with Gasteiger partial charge in [0.2, 0.25) is 0 Å². The fourth-order valence-electron chi connectivity index (χ4n) is 5.41. The van der Waals surface area contributed by atoms with Crippen molar-refractivity contribution >= 4 is 71.3 Å². The number of carbonyl (C=O) groups excluding carboxylic acids is 1. The fraction of sp³-hybridized carbons (Fsp3) is 0.0227. The van der Waals surface area contributed by atoms with E-state index in [1.54, 1.807) is 18.3 Å². The molecule has 0 fully saturated rings. The second-order valence-corrected chi connectivity index (χ2v) is 13.5. The maximum Gasteiger partial charge on any atom is 0.150 e. The number of nitrogen functional groups attached to an aromatic ring is 1. The average molecular weight is 795 g/mol. The molecule has 0 radical (unpaired) electrons. The highest BCUT2D eigenvalue weighted by molar-refractivity contribution is 9.10. The summed E-state index contributed by atoms with van der Waals surface area (Å²) in [6.07, 6.45) is 4.42. The number of rotatable bonds is 6. The lowest BCUT2D eigenvalue weighted by Gasteiger charge is -2.09. The van der Waals surface area contributed by atoms with Crippen LogP contribution in [0.25, 0.3) is 43.8 Å². The molecule has 8 aromatic rings. The lowest BCUT2D eigenvalue weighted by atomic mass is 10.0. The third kappa shape index (κ3) is 9.97. The molecule has 6 aromatic carbocycles. The van der Waals surface area contributed by atoms with Crippen molar-refractivity contribution in [1.82, 2.24) is 9.97 Å². The van der Waals surface area contributed by atoms with Gasteiger partial charge in [-0.2, -0.15) is 0 Å². The number of fused-ring (bicyclic) bond motifs is 2. The van der Waals surface area contributed by atoms with E-state index in [-0.39, 0.29) is 0 Å². The van der Waals surface area contributed by atoms with Crippen molar-refractivity contribution < 1.29 is 4.79 Å². The molecular weight excluding hydrogens is 760 g/mol. The number of pyridine rings is 2. The van der Waals surface area contributed by atoms with Crippen LogP contribution in [0, 0.1) is 0 Å². The third-order valence-corrected chi connectivity index (χ3v) is 9.16. The second kappa shape index (κ2) is 17.3. The summed E-state index contributed by atoms with van der Waals surface area (Å²) in [5.74, 6) is 1.43. The number of aldehydes is 1. The van der Waals surface area contributed by atoms with Gasteiger partial charge in [0.25, 0.3) is 0 Å². The number of nitrogens with zero attached hydrogens (tertiary/aromatic N) is 2. The van der Waals surface area contributed by atoms with Crippen molar-refractivity contribution in [1.29, 1.82) is 0 Å².